The molecule has 0 unspecified atom stereocenters. The molecule has 1 atom stereocenters. The van der Waals surface area contributed by atoms with E-state index in [1.807, 2.05) is 19.1 Å². The van der Waals surface area contributed by atoms with Crippen LogP contribution in [0.3, 0.4) is 0 Å². The van der Waals surface area contributed by atoms with Crippen molar-refractivity contribution < 1.29 is 22.6 Å². The van der Waals surface area contributed by atoms with E-state index in [2.05, 4.69) is 10.2 Å². The molecular weight excluding hydrogens is 546 g/mol. The van der Waals surface area contributed by atoms with Crippen molar-refractivity contribution in [3.05, 3.63) is 101 Å². The van der Waals surface area contributed by atoms with E-state index in [0.29, 0.717) is 61.7 Å². The van der Waals surface area contributed by atoms with Crippen molar-refractivity contribution in [1.82, 2.24) is 10.2 Å². The molecule has 2 fully saturated rings. The third-order valence-electron chi connectivity index (χ3n) is 8.31. The lowest BCUT2D eigenvalue weighted by atomic mass is 9.71. The van der Waals surface area contributed by atoms with Gasteiger partial charge < -0.3 is 15.1 Å². The van der Waals surface area contributed by atoms with E-state index in [4.69, 9.17) is 4.78 Å². The first-order valence-electron chi connectivity index (χ1n) is 13.8. The number of halogens is 2. The largest absolute Gasteiger partial charge is 0.370 e. The summed E-state index contributed by atoms with van der Waals surface area (Å²) in [4.78, 5) is 31.0. The smallest absolute Gasteiger partial charge is 0.253 e. The molecule has 0 aliphatic carbocycles. The van der Waals surface area contributed by atoms with Gasteiger partial charge in [-0.3, -0.25) is 14.4 Å². The Morgan fingerprint density at radius 1 is 0.854 bits per heavy atom. The molecule has 10 heteroatoms. The Morgan fingerprint density at radius 3 is 1.95 bits per heavy atom. The van der Waals surface area contributed by atoms with E-state index >= 15 is 0 Å². The Balaban J connectivity index is 1.29. The quantitative estimate of drug-likeness (QED) is 0.435. The summed E-state index contributed by atoms with van der Waals surface area (Å²) in [5.41, 5.74) is 1.98. The summed E-state index contributed by atoms with van der Waals surface area (Å²) in [5.74, 6) is -0.403. The van der Waals surface area contributed by atoms with Gasteiger partial charge in [0.15, 0.2) is 0 Å². The summed E-state index contributed by atoms with van der Waals surface area (Å²) in [6, 6.07) is 18.9. The molecule has 2 aliphatic rings. The maximum absolute atomic E-state index is 13.8. The number of likely N-dealkylation sites (tertiary alicyclic amines) is 1. The molecule has 216 valence electrons. The first kappa shape index (κ1) is 28.7. The highest BCUT2D eigenvalue weighted by atomic mass is 32.2. The van der Waals surface area contributed by atoms with Crippen LogP contribution in [0.5, 0.6) is 0 Å². The van der Waals surface area contributed by atoms with E-state index in [0.717, 1.165) is 11.3 Å². The van der Waals surface area contributed by atoms with Crippen LogP contribution in [0.4, 0.5) is 14.5 Å². The molecule has 2 saturated heterocycles. The van der Waals surface area contributed by atoms with Crippen molar-refractivity contribution in [3.63, 3.8) is 0 Å². The Kier molecular flexibility index (Phi) is 8.13. The van der Waals surface area contributed by atoms with Gasteiger partial charge in [-0.25, -0.2) is 13.0 Å². The summed E-state index contributed by atoms with van der Waals surface area (Å²) in [6.07, 6.45) is 0.731. The zero-order valence-corrected chi connectivity index (χ0v) is 23.8. The fraction of sp³-hybridized carbons (Fsp3) is 0.355. The van der Waals surface area contributed by atoms with Crippen LogP contribution in [0.25, 0.3) is 0 Å². The fourth-order valence-corrected chi connectivity index (χ4v) is 6.90. The second-order valence-electron chi connectivity index (χ2n) is 10.9. The van der Waals surface area contributed by atoms with Gasteiger partial charge in [0, 0.05) is 58.7 Å². The number of piperidine rings is 1. The molecule has 0 radical (unpaired) electrons. The SMILES string of the molecule is C[C@H](NC(=O)C1(c2ccc(F)cc2)CCN(C(=O)c2ccc(N3CCS(=N)(=O)CC3)cc2)CC1)c1ccc(F)cc1. The first-order valence-corrected chi connectivity index (χ1v) is 15.7. The zero-order chi connectivity index (χ0) is 29.2. The average molecular weight is 581 g/mol. The summed E-state index contributed by atoms with van der Waals surface area (Å²) < 4.78 is 46.9. The standard InChI is InChI=1S/C31H34F2N4O3S/c1-22(23-2-8-26(32)9-3-23)35-30(39)31(25-6-10-27(33)11-7-25)14-16-37(17-15-31)29(38)24-4-12-28(13-5-24)36-18-20-41(34,40)21-19-36/h2-13,22,34H,14-21H2,1H3,(H,35,39)/t22-/m0/s1. The Labute approximate surface area is 239 Å². The molecule has 2 N–H and O–H groups in total. The number of nitrogens with zero attached hydrogens (tertiary/aromatic N) is 2. The summed E-state index contributed by atoms with van der Waals surface area (Å²) in [6.45, 7) is 3.63. The van der Waals surface area contributed by atoms with Gasteiger partial charge in [-0.05, 0) is 79.4 Å². The monoisotopic (exact) mass is 580 g/mol. The van der Waals surface area contributed by atoms with Crippen molar-refractivity contribution >= 4 is 27.2 Å². The number of hydrogen-bond acceptors (Lipinski definition) is 5. The van der Waals surface area contributed by atoms with Crippen LogP contribution in [0.1, 0.15) is 47.3 Å². The van der Waals surface area contributed by atoms with Crippen molar-refractivity contribution in [1.29, 1.82) is 4.78 Å². The van der Waals surface area contributed by atoms with E-state index in [9.17, 15) is 22.6 Å². The van der Waals surface area contributed by atoms with Gasteiger partial charge in [-0.2, -0.15) is 0 Å². The molecule has 0 saturated carbocycles. The van der Waals surface area contributed by atoms with Gasteiger partial charge in [0.1, 0.15) is 11.6 Å². The van der Waals surface area contributed by atoms with Gasteiger partial charge in [0.25, 0.3) is 5.91 Å². The number of anilines is 1. The van der Waals surface area contributed by atoms with E-state index < -0.39 is 21.0 Å². The molecule has 2 amide bonds. The van der Waals surface area contributed by atoms with Crippen molar-refractivity contribution in [2.45, 2.75) is 31.2 Å². The normalized spacial score (nSPS) is 18.9. The van der Waals surface area contributed by atoms with Gasteiger partial charge in [0.2, 0.25) is 5.91 Å². The molecule has 5 rings (SSSR count). The minimum absolute atomic E-state index is 0.128. The number of carbonyl (C=O) groups is 2. The van der Waals surface area contributed by atoms with Crippen LogP contribution in [0.15, 0.2) is 72.8 Å². The molecule has 2 aliphatic heterocycles. The number of benzene rings is 3. The highest BCUT2D eigenvalue weighted by molar-refractivity contribution is 7.92. The topological polar surface area (TPSA) is 93.6 Å². The number of nitrogens with one attached hydrogen (secondary N) is 2. The van der Waals surface area contributed by atoms with E-state index in [1.54, 1.807) is 41.3 Å². The Hall–Kier alpha value is -3.79. The molecule has 3 aromatic carbocycles. The lowest BCUT2D eigenvalue weighted by Crippen LogP contribution is -2.53. The average Bonchev–Trinajstić information content (AvgIpc) is 2.97. The van der Waals surface area contributed by atoms with Crippen LogP contribution < -0.4 is 10.2 Å². The summed E-state index contributed by atoms with van der Waals surface area (Å²) >= 11 is 0. The number of carbonyl (C=O) groups excluding carboxylic acids is 2. The van der Waals surface area contributed by atoms with Crippen LogP contribution in [-0.2, 0) is 19.9 Å². The van der Waals surface area contributed by atoms with Crippen LogP contribution in [0.2, 0.25) is 0 Å². The van der Waals surface area contributed by atoms with Crippen molar-refractivity contribution in [3.8, 4) is 0 Å². The molecule has 7 nitrogen and oxygen atoms in total. The van der Waals surface area contributed by atoms with Gasteiger partial charge in [0.05, 0.1) is 11.5 Å². The Morgan fingerprint density at radius 2 is 1.39 bits per heavy atom. The highest BCUT2D eigenvalue weighted by Crippen LogP contribution is 2.37. The highest BCUT2D eigenvalue weighted by Gasteiger charge is 2.44. The summed E-state index contributed by atoms with van der Waals surface area (Å²) in [5, 5.41) is 3.06. The number of hydrogen-bond donors (Lipinski definition) is 2. The molecule has 3 aromatic rings. The number of rotatable bonds is 6. The van der Waals surface area contributed by atoms with E-state index in [1.165, 1.54) is 24.3 Å². The lowest BCUT2D eigenvalue weighted by Gasteiger charge is -2.41. The van der Waals surface area contributed by atoms with Crippen LogP contribution in [0, 0.1) is 16.4 Å². The van der Waals surface area contributed by atoms with Gasteiger partial charge in [-0.1, -0.05) is 24.3 Å². The molecule has 0 spiro atoms. The second kappa shape index (κ2) is 11.6. The molecule has 41 heavy (non-hydrogen) atoms. The van der Waals surface area contributed by atoms with E-state index in [-0.39, 0.29) is 23.7 Å². The second-order valence-corrected chi connectivity index (χ2v) is 13.3. The van der Waals surface area contributed by atoms with Gasteiger partial charge >= 0.3 is 0 Å². The van der Waals surface area contributed by atoms with Crippen molar-refractivity contribution in [2.24, 2.45) is 0 Å². The maximum atomic E-state index is 13.8. The molecule has 0 bridgehead atoms. The predicted molar refractivity (Wildman–Crippen MR) is 155 cm³/mol. The number of amides is 2. The van der Waals surface area contributed by atoms with Crippen LogP contribution >= 0.6 is 0 Å². The Bertz CT molecular complexity index is 1490. The molecular formula is C31H34F2N4O3S. The first-order chi connectivity index (χ1) is 19.6. The molecule has 0 aromatic heterocycles. The van der Waals surface area contributed by atoms with Crippen molar-refractivity contribution in [2.75, 3.05) is 42.6 Å². The third kappa shape index (κ3) is 6.27. The lowest BCUT2D eigenvalue weighted by molar-refractivity contribution is -0.129. The predicted octanol–water partition coefficient (Wildman–Crippen LogP) is 4.88. The van der Waals surface area contributed by atoms with Gasteiger partial charge in [-0.15, -0.1) is 0 Å². The maximum Gasteiger partial charge on any atom is 0.253 e. The minimum atomic E-state index is -2.48. The zero-order valence-electron chi connectivity index (χ0n) is 22.9. The third-order valence-corrected chi connectivity index (χ3v) is 10.00. The molecule has 2 heterocycles. The summed E-state index contributed by atoms with van der Waals surface area (Å²) in [7, 11) is -2.48. The van der Waals surface area contributed by atoms with Crippen LogP contribution in [-0.4, -0.2) is 58.6 Å². The minimum Gasteiger partial charge on any atom is -0.370 e. The fourth-order valence-electron chi connectivity index (χ4n) is 5.66.